The first-order valence-corrected chi connectivity index (χ1v) is 15.7. The fourth-order valence-corrected chi connectivity index (χ4v) is 7.19. The predicted molar refractivity (Wildman–Crippen MR) is 146 cm³/mol. The molecule has 42 heavy (non-hydrogen) atoms. The number of nitrogens with one attached hydrogen (secondary N) is 1. The summed E-state index contributed by atoms with van der Waals surface area (Å²) in [7, 11) is -3.30. The molecule has 22 heteroatoms. The second kappa shape index (κ2) is 11.5. The van der Waals surface area contributed by atoms with Crippen LogP contribution in [0, 0.1) is 0 Å². The number of β-lactam (4-membered cyclic amide) rings is 1. The Labute approximate surface area is 248 Å². The molecule has 5 rings (SSSR count). The van der Waals surface area contributed by atoms with Crippen LogP contribution < -0.4 is 15.6 Å². The van der Waals surface area contributed by atoms with Crippen LogP contribution in [0.4, 0.5) is 9.52 Å². The molecular formula is C20H21FN9O8S4+. The number of imidazole rings is 1. The summed E-state index contributed by atoms with van der Waals surface area (Å²) in [5, 5.41) is 16.9. The van der Waals surface area contributed by atoms with Gasteiger partial charge in [0.15, 0.2) is 5.13 Å². The number of carboxylic acids is 1. The van der Waals surface area contributed by atoms with Gasteiger partial charge in [-0.3, -0.25) is 19.0 Å². The smallest absolute Gasteiger partial charge is 0.352 e. The number of thioether (sulfide) groups is 1. The summed E-state index contributed by atoms with van der Waals surface area (Å²) in [5.41, 5.74) is 5.12. The Bertz CT molecular complexity index is 1750. The summed E-state index contributed by atoms with van der Waals surface area (Å²) in [6.07, 6.45) is 3.42. The van der Waals surface area contributed by atoms with E-state index < -0.39 is 52.1 Å². The third kappa shape index (κ3) is 5.55. The maximum atomic E-state index is 13.2. The van der Waals surface area contributed by atoms with Crippen LogP contribution in [0.3, 0.4) is 0 Å². The van der Waals surface area contributed by atoms with Gasteiger partial charge in [0.2, 0.25) is 16.4 Å². The van der Waals surface area contributed by atoms with Crippen molar-refractivity contribution in [2.45, 2.75) is 24.5 Å². The number of thiazole rings is 1. The van der Waals surface area contributed by atoms with Gasteiger partial charge in [-0.25, -0.2) is 13.8 Å². The standard InChI is InChI=1S/C20H20FN9O8S4/c1-27(42(35,36)37)5-10-28(6-11-29(10)2-3-39-11)4-9-7-40-18-13(17(32)30(18)14(9)19(33)34)23-16(31)12(25-38-8-21)15-24-20(22)41-26-15/h2-3,6,13,18H,4-5,7-8H2,1H3,(H4-,22,23,24,26,31,33,34,35,36,37)/p+1/b25-12-/t13-,18-/m1/s1. The Morgan fingerprint density at radius 2 is 2.19 bits per heavy atom. The van der Waals surface area contributed by atoms with Crippen molar-refractivity contribution in [2.75, 3.05) is 25.4 Å². The number of carboxylic acid groups (broad SMARTS) is 1. The van der Waals surface area contributed by atoms with E-state index in [1.165, 1.54) is 30.1 Å². The first-order chi connectivity index (χ1) is 19.9. The monoisotopic (exact) mass is 662 g/mol. The van der Waals surface area contributed by atoms with Crippen molar-refractivity contribution in [2.24, 2.45) is 5.16 Å². The molecule has 5 heterocycles. The second-order valence-electron chi connectivity index (χ2n) is 8.77. The first kappa shape index (κ1) is 29.8. The van der Waals surface area contributed by atoms with Gasteiger partial charge < -0.3 is 21.0 Å². The van der Waals surface area contributed by atoms with Crippen LogP contribution in [0.25, 0.3) is 4.83 Å². The zero-order chi connectivity index (χ0) is 30.3. The third-order valence-corrected chi connectivity index (χ3v) is 9.84. The Kier molecular flexibility index (Phi) is 8.17. The normalized spacial score (nSPS) is 19.3. The number of anilines is 1. The number of nitrogens with two attached hydrogens (primary N) is 1. The van der Waals surface area contributed by atoms with Crippen LogP contribution in [0.2, 0.25) is 0 Å². The lowest BCUT2D eigenvalue weighted by Crippen LogP contribution is -2.71. The molecule has 0 radical (unpaired) electrons. The average Bonchev–Trinajstić information content (AvgIpc) is 3.64. The fourth-order valence-electron chi connectivity index (χ4n) is 4.35. The number of oxime groups is 1. The zero-order valence-electron chi connectivity index (χ0n) is 21.3. The number of carbonyl (C=O) groups is 3. The quantitative estimate of drug-likeness (QED) is 0.0641. The lowest BCUT2D eigenvalue weighted by Gasteiger charge is -2.49. The van der Waals surface area contributed by atoms with E-state index in [1.54, 1.807) is 26.7 Å². The molecule has 0 unspecified atom stereocenters. The van der Waals surface area contributed by atoms with Crippen LogP contribution in [-0.4, -0.2) is 95.6 Å². The van der Waals surface area contributed by atoms with Crippen molar-refractivity contribution in [3.8, 4) is 0 Å². The van der Waals surface area contributed by atoms with E-state index in [1.807, 2.05) is 0 Å². The molecule has 5 N–H and O–H groups in total. The van der Waals surface area contributed by atoms with Crippen LogP contribution in [0.1, 0.15) is 11.6 Å². The Balaban J connectivity index is 1.39. The lowest BCUT2D eigenvalue weighted by molar-refractivity contribution is -0.695. The van der Waals surface area contributed by atoms with Crippen molar-refractivity contribution >= 4 is 78.4 Å². The van der Waals surface area contributed by atoms with Gasteiger partial charge in [-0.05, 0) is 0 Å². The number of halogens is 1. The molecule has 0 saturated carbocycles. The molecule has 3 aromatic rings. The highest BCUT2D eigenvalue weighted by atomic mass is 32.2. The van der Waals surface area contributed by atoms with E-state index in [2.05, 4.69) is 24.7 Å². The number of aliphatic carboxylic acids is 1. The SMILES string of the molecule is CN(Cc1n2ccsc2c[n+]1CC1=C(C(=O)O)N2C(=O)[C@@H](NC(=O)/C(=N\OCF)c3nsc(N)n3)[C@H]2SC1)S(=O)(=O)O. The molecule has 0 spiro atoms. The molecule has 2 atom stereocenters. The highest BCUT2D eigenvalue weighted by Crippen LogP contribution is 2.40. The van der Waals surface area contributed by atoms with Crippen LogP contribution in [0.15, 0.2) is 34.2 Å². The van der Waals surface area contributed by atoms with Crippen LogP contribution in [0.5, 0.6) is 0 Å². The van der Waals surface area contributed by atoms with Crippen LogP contribution >= 0.6 is 34.6 Å². The Hall–Kier alpha value is -3.70. The van der Waals surface area contributed by atoms with E-state index in [9.17, 15) is 36.9 Å². The molecular weight excluding hydrogens is 642 g/mol. The summed E-state index contributed by atoms with van der Waals surface area (Å²) in [6, 6.07) is -1.14. The number of alkyl halides is 1. The number of hydrogen-bond acceptors (Lipinski definition) is 13. The molecule has 0 aromatic carbocycles. The number of hydrogen-bond donors (Lipinski definition) is 4. The summed E-state index contributed by atoms with van der Waals surface area (Å²) >= 11 is 3.33. The number of fused-ring (bicyclic) bond motifs is 2. The van der Waals surface area contributed by atoms with Crippen molar-refractivity contribution in [1.82, 2.24) is 28.3 Å². The number of nitrogens with zero attached hydrogens (tertiary/aromatic N) is 7. The summed E-state index contributed by atoms with van der Waals surface area (Å²) in [5.74, 6) is -2.67. The van der Waals surface area contributed by atoms with E-state index in [4.69, 9.17) is 5.73 Å². The predicted octanol–water partition coefficient (Wildman–Crippen LogP) is -0.957. The average molecular weight is 663 g/mol. The number of rotatable bonds is 11. The minimum absolute atomic E-state index is 0.000495. The van der Waals surface area contributed by atoms with Gasteiger partial charge in [-0.15, -0.1) is 11.8 Å². The van der Waals surface area contributed by atoms with Gasteiger partial charge >= 0.3 is 16.3 Å². The van der Waals surface area contributed by atoms with Gasteiger partial charge in [0, 0.05) is 35.3 Å². The van der Waals surface area contributed by atoms with E-state index in [0.29, 0.717) is 11.4 Å². The topological polar surface area (TPSA) is 226 Å². The number of aromatic nitrogens is 4. The molecule has 224 valence electrons. The van der Waals surface area contributed by atoms with Crippen molar-refractivity contribution in [3.05, 3.63) is 40.7 Å². The molecule has 3 aromatic heterocycles. The third-order valence-electron chi connectivity index (χ3n) is 6.24. The van der Waals surface area contributed by atoms with Gasteiger partial charge in [-0.1, -0.05) is 16.5 Å². The zero-order valence-corrected chi connectivity index (χ0v) is 24.5. The molecule has 2 aliphatic heterocycles. The molecule has 2 aliphatic rings. The molecule has 17 nitrogen and oxygen atoms in total. The molecule has 1 fully saturated rings. The minimum Gasteiger partial charge on any atom is -0.477 e. The Morgan fingerprint density at radius 3 is 2.83 bits per heavy atom. The highest BCUT2D eigenvalue weighted by molar-refractivity contribution is 8.00. The molecule has 2 amide bonds. The fraction of sp³-hybridized carbons (Fsp3) is 0.350. The molecule has 1 saturated heterocycles. The van der Waals surface area contributed by atoms with Crippen molar-refractivity contribution in [3.63, 3.8) is 0 Å². The lowest BCUT2D eigenvalue weighted by atomic mass is 10.0. The van der Waals surface area contributed by atoms with E-state index in [-0.39, 0.29) is 35.5 Å². The van der Waals surface area contributed by atoms with Gasteiger partial charge in [0.25, 0.3) is 24.5 Å². The first-order valence-electron chi connectivity index (χ1n) is 11.6. The van der Waals surface area contributed by atoms with E-state index >= 15 is 0 Å². The van der Waals surface area contributed by atoms with Gasteiger partial charge in [0.1, 0.15) is 42.6 Å². The summed E-state index contributed by atoms with van der Waals surface area (Å²) in [4.78, 5) is 48.4. The minimum atomic E-state index is -4.50. The van der Waals surface area contributed by atoms with Gasteiger partial charge in [0.05, 0.1) is 0 Å². The number of carbonyl (C=O) groups excluding carboxylic acids is 2. The largest absolute Gasteiger partial charge is 0.477 e. The number of amides is 2. The van der Waals surface area contributed by atoms with Crippen molar-refractivity contribution < 1.29 is 46.3 Å². The number of nitrogen functional groups attached to an aromatic ring is 1. The summed E-state index contributed by atoms with van der Waals surface area (Å²) in [6.45, 7) is -1.56. The van der Waals surface area contributed by atoms with Crippen molar-refractivity contribution in [1.29, 1.82) is 0 Å². The second-order valence-corrected chi connectivity index (χ2v) is 13.1. The summed E-state index contributed by atoms with van der Waals surface area (Å²) < 4.78 is 53.2. The maximum Gasteiger partial charge on any atom is 0.352 e. The highest BCUT2D eigenvalue weighted by Gasteiger charge is 2.54. The molecule has 0 bridgehead atoms. The Morgan fingerprint density at radius 1 is 1.43 bits per heavy atom. The maximum absolute atomic E-state index is 13.2. The van der Waals surface area contributed by atoms with Gasteiger partial charge in [-0.2, -0.15) is 26.5 Å². The van der Waals surface area contributed by atoms with Crippen LogP contribution in [-0.2, 0) is 42.6 Å². The van der Waals surface area contributed by atoms with E-state index in [0.717, 1.165) is 25.6 Å². The molecule has 0 aliphatic carbocycles.